The van der Waals surface area contributed by atoms with Crippen LogP contribution in [0, 0.1) is 6.92 Å². The fourth-order valence-corrected chi connectivity index (χ4v) is 3.32. The number of hydrogen-bond donors (Lipinski definition) is 2. The number of amides is 2. The molecule has 0 spiro atoms. The molecule has 0 unspecified atom stereocenters. The van der Waals surface area contributed by atoms with E-state index >= 15 is 0 Å². The molecule has 5 heteroatoms. The SMILES string of the molecule is Cc1ccccc1NC(=O)C(=O)NCCc1ccc(N2CCCCC2)cc1. The zero-order valence-corrected chi connectivity index (χ0v) is 15.8. The minimum atomic E-state index is -0.634. The summed E-state index contributed by atoms with van der Waals surface area (Å²) in [6.07, 6.45) is 4.55. The fraction of sp³-hybridized carbons (Fsp3) is 0.364. The molecular weight excluding hydrogens is 338 g/mol. The van der Waals surface area contributed by atoms with Gasteiger partial charge in [0, 0.05) is 31.0 Å². The fourth-order valence-electron chi connectivity index (χ4n) is 3.32. The summed E-state index contributed by atoms with van der Waals surface area (Å²) in [5.74, 6) is -1.24. The Labute approximate surface area is 160 Å². The Morgan fingerprint density at radius 1 is 0.926 bits per heavy atom. The van der Waals surface area contributed by atoms with E-state index in [-0.39, 0.29) is 0 Å². The summed E-state index contributed by atoms with van der Waals surface area (Å²) in [4.78, 5) is 26.4. The molecule has 0 bridgehead atoms. The molecule has 142 valence electrons. The van der Waals surface area contributed by atoms with Gasteiger partial charge in [-0.1, -0.05) is 30.3 Å². The minimum absolute atomic E-state index is 0.434. The Kier molecular flexibility index (Phi) is 6.47. The Morgan fingerprint density at radius 3 is 2.33 bits per heavy atom. The maximum absolute atomic E-state index is 12.0. The first-order valence-corrected chi connectivity index (χ1v) is 9.62. The van der Waals surface area contributed by atoms with Crippen LogP contribution in [0.1, 0.15) is 30.4 Å². The van der Waals surface area contributed by atoms with Crippen LogP contribution in [-0.4, -0.2) is 31.4 Å². The summed E-state index contributed by atoms with van der Waals surface area (Å²) in [6.45, 7) is 4.58. The number of carbonyl (C=O) groups is 2. The molecule has 2 aromatic rings. The van der Waals surface area contributed by atoms with E-state index in [1.165, 1.54) is 24.9 Å². The highest BCUT2D eigenvalue weighted by Crippen LogP contribution is 2.20. The zero-order chi connectivity index (χ0) is 19.1. The maximum Gasteiger partial charge on any atom is 0.313 e. The van der Waals surface area contributed by atoms with Crippen LogP contribution in [-0.2, 0) is 16.0 Å². The van der Waals surface area contributed by atoms with Crippen molar-refractivity contribution in [1.82, 2.24) is 5.32 Å². The second-order valence-electron chi connectivity index (χ2n) is 6.99. The second kappa shape index (κ2) is 9.21. The van der Waals surface area contributed by atoms with Crippen LogP contribution in [0.25, 0.3) is 0 Å². The normalized spacial score (nSPS) is 13.9. The lowest BCUT2D eigenvalue weighted by atomic mass is 10.1. The van der Waals surface area contributed by atoms with Gasteiger partial charge < -0.3 is 15.5 Å². The maximum atomic E-state index is 12.0. The molecule has 1 saturated heterocycles. The number of nitrogens with one attached hydrogen (secondary N) is 2. The number of carbonyl (C=O) groups excluding carboxylic acids is 2. The lowest BCUT2D eigenvalue weighted by Gasteiger charge is -2.28. The molecule has 5 nitrogen and oxygen atoms in total. The number of nitrogens with zero attached hydrogens (tertiary/aromatic N) is 1. The van der Waals surface area contributed by atoms with Crippen LogP contribution in [0.15, 0.2) is 48.5 Å². The number of aryl methyl sites for hydroxylation is 1. The minimum Gasteiger partial charge on any atom is -0.372 e. The average molecular weight is 365 g/mol. The van der Waals surface area contributed by atoms with Gasteiger partial charge in [-0.2, -0.15) is 0 Å². The number of piperidine rings is 1. The lowest BCUT2D eigenvalue weighted by Crippen LogP contribution is -2.36. The quantitative estimate of drug-likeness (QED) is 0.800. The van der Waals surface area contributed by atoms with E-state index in [0.717, 1.165) is 24.2 Å². The van der Waals surface area contributed by atoms with E-state index in [4.69, 9.17) is 0 Å². The smallest absolute Gasteiger partial charge is 0.313 e. The standard InChI is InChI=1S/C22H27N3O2/c1-17-7-3-4-8-20(17)24-22(27)21(26)23-14-13-18-9-11-19(12-10-18)25-15-5-2-6-16-25/h3-4,7-12H,2,5-6,13-16H2,1H3,(H,23,26)(H,24,27). The van der Waals surface area contributed by atoms with Crippen molar-refractivity contribution in [1.29, 1.82) is 0 Å². The van der Waals surface area contributed by atoms with Crippen molar-refractivity contribution < 1.29 is 9.59 Å². The van der Waals surface area contributed by atoms with Gasteiger partial charge in [0.2, 0.25) is 0 Å². The van der Waals surface area contributed by atoms with Crippen molar-refractivity contribution in [2.75, 3.05) is 29.9 Å². The van der Waals surface area contributed by atoms with Gasteiger partial charge in [-0.3, -0.25) is 9.59 Å². The van der Waals surface area contributed by atoms with Crippen LogP contribution >= 0.6 is 0 Å². The van der Waals surface area contributed by atoms with E-state index in [9.17, 15) is 9.59 Å². The third kappa shape index (κ3) is 5.33. The van der Waals surface area contributed by atoms with Crippen molar-refractivity contribution in [2.24, 2.45) is 0 Å². The first-order valence-electron chi connectivity index (χ1n) is 9.62. The molecule has 0 saturated carbocycles. The predicted molar refractivity (Wildman–Crippen MR) is 109 cm³/mol. The molecule has 2 aromatic carbocycles. The van der Waals surface area contributed by atoms with Crippen molar-refractivity contribution in [3.05, 3.63) is 59.7 Å². The van der Waals surface area contributed by atoms with Crippen molar-refractivity contribution in [2.45, 2.75) is 32.6 Å². The van der Waals surface area contributed by atoms with Gasteiger partial charge in [0.1, 0.15) is 0 Å². The zero-order valence-electron chi connectivity index (χ0n) is 15.8. The van der Waals surface area contributed by atoms with Gasteiger partial charge in [0.05, 0.1) is 0 Å². The van der Waals surface area contributed by atoms with Crippen molar-refractivity contribution in [3.63, 3.8) is 0 Å². The summed E-state index contributed by atoms with van der Waals surface area (Å²) in [7, 11) is 0. The van der Waals surface area contributed by atoms with Crippen LogP contribution in [0.5, 0.6) is 0 Å². The summed E-state index contributed by atoms with van der Waals surface area (Å²) in [6, 6.07) is 15.9. The molecule has 27 heavy (non-hydrogen) atoms. The topological polar surface area (TPSA) is 61.4 Å². The highest BCUT2D eigenvalue weighted by Gasteiger charge is 2.14. The highest BCUT2D eigenvalue weighted by atomic mass is 16.2. The van der Waals surface area contributed by atoms with Crippen LogP contribution in [0.4, 0.5) is 11.4 Å². The molecule has 2 amide bonds. The molecule has 0 aliphatic carbocycles. The molecule has 1 aliphatic heterocycles. The first-order chi connectivity index (χ1) is 13.1. The first kappa shape index (κ1) is 19.0. The number of rotatable bonds is 5. The molecule has 1 aliphatic rings. The van der Waals surface area contributed by atoms with Gasteiger partial charge >= 0.3 is 11.8 Å². The van der Waals surface area contributed by atoms with Gasteiger partial charge in [-0.25, -0.2) is 0 Å². The number of para-hydroxylation sites is 1. The lowest BCUT2D eigenvalue weighted by molar-refractivity contribution is -0.136. The van der Waals surface area contributed by atoms with Gasteiger partial charge in [0.15, 0.2) is 0 Å². The molecule has 3 rings (SSSR count). The predicted octanol–water partition coefficient (Wildman–Crippen LogP) is 3.28. The summed E-state index contributed by atoms with van der Waals surface area (Å²) >= 11 is 0. The summed E-state index contributed by atoms with van der Waals surface area (Å²) in [5.41, 5.74) is 3.99. The van der Waals surface area contributed by atoms with Crippen LogP contribution in [0.3, 0.4) is 0 Å². The molecule has 2 N–H and O–H groups in total. The highest BCUT2D eigenvalue weighted by molar-refractivity contribution is 6.39. The molecule has 0 aromatic heterocycles. The Bertz CT molecular complexity index is 780. The van der Waals surface area contributed by atoms with Crippen molar-refractivity contribution >= 4 is 23.2 Å². The Hall–Kier alpha value is -2.82. The third-order valence-corrected chi connectivity index (χ3v) is 4.96. The van der Waals surface area contributed by atoms with E-state index in [1.807, 2.05) is 25.1 Å². The van der Waals surface area contributed by atoms with E-state index < -0.39 is 11.8 Å². The monoisotopic (exact) mass is 365 g/mol. The molecular formula is C22H27N3O2. The Morgan fingerprint density at radius 2 is 1.63 bits per heavy atom. The van der Waals surface area contributed by atoms with Crippen LogP contribution < -0.4 is 15.5 Å². The van der Waals surface area contributed by atoms with Gasteiger partial charge in [-0.15, -0.1) is 0 Å². The number of anilines is 2. The average Bonchev–Trinajstić information content (AvgIpc) is 2.71. The molecule has 1 fully saturated rings. The van der Waals surface area contributed by atoms with Crippen molar-refractivity contribution in [3.8, 4) is 0 Å². The molecule has 0 radical (unpaired) electrons. The molecule has 1 heterocycles. The number of hydrogen-bond acceptors (Lipinski definition) is 3. The third-order valence-electron chi connectivity index (χ3n) is 4.96. The van der Waals surface area contributed by atoms with E-state index in [0.29, 0.717) is 18.7 Å². The second-order valence-corrected chi connectivity index (χ2v) is 6.99. The van der Waals surface area contributed by atoms with Crippen LogP contribution in [0.2, 0.25) is 0 Å². The molecule has 0 atom stereocenters. The summed E-state index contributed by atoms with van der Waals surface area (Å²) < 4.78 is 0. The van der Waals surface area contributed by atoms with E-state index in [1.54, 1.807) is 6.07 Å². The summed E-state index contributed by atoms with van der Waals surface area (Å²) in [5, 5.41) is 5.33. The van der Waals surface area contributed by atoms with E-state index in [2.05, 4.69) is 39.8 Å². The number of benzene rings is 2. The largest absolute Gasteiger partial charge is 0.372 e. The van der Waals surface area contributed by atoms with Gasteiger partial charge in [0.25, 0.3) is 0 Å². The van der Waals surface area contributed by atoms with Gasteiger partial charge in [-0.05, 0) is 61.9 Å². The Balaban J connectivity index is 1.44.